The number of nitrogens with zero attached hydrogens (tertiary/aromatic N) is 1. The van der Waals surface area contributed by atoms with Crippen molar-refractivity contribution >= 4 is 5.78 Å². The highest BCUT2D eigenvalue weighted by molar-refractivity contribution is 5.95. The first-order chi connectivity index (χ1) is 14.0. The molecule has 2 nitrogen and oxygen atoms in total. The van der Waals surface area contributed by atoms with Crippen LogP contribution >= 0.6 is 0 Å². The minimum atomic E-state index is 0.115. The number of Topliss-reactive ketones (excluding diaryl/α,β-unsaturated/α-hetero) is 1. The van der Waals surface area contributed by atoms with Crippen LogP contribution in [0.2, 0.25) is 0 Å². The molecule has 7 atom stereocenters. The molecule has 0 bridgehead atoms. The maximum Gasteiger partial charge on any atom is 0.156 e. The van der Waals surface area contributed by atoms with Gasteiger partial charge in [-0.1, -0.05) is 33.8 Å². The predicted molar refractivity (Wildman–Crippen MR) is 122 cm³/mol. The van der Waals surface area contributed by atoms with Gasteiger partial charge in [-0.2, -0.15) is 0 Å². The lowest BCUT2D eigenvalue weighted by molar-refractivity contribution is -0.141. The Kier molecular flexibility index (Phi) is 3.76. The van der Waals surface area contributed by atoms with E-state index in [4.69, 9.17) is 0 Å². The minimum absolute atomic E-state index is 0.115. The summed E-state index contributed by atoms with van der Waals surface area (Å²) in [5.74, 6) is 2.05. The van der Waals surface area contributed by atoms with Crippen molar-refractivity contribution in [1.82, 2.24) is 4.90 Å². The molecule has 2 spiro atoms. The Hall–Kier alpha value is -0.630. The molecular weight excluding hydrogens is 366 g/mol. The molecule has 0 aromatic heterocycles. The molecule has 0 amide bonds. The Morgan fingerprint density at radius 1 is 0.933 bits per heavy atom. The van der Waals surface area contributed by atoms with E-state index in [2.05, 4.69) is 45.7 Å². The maximum absolute atomic E-state index is 12.5. The lowest BCUT2D eigenvalue weighted by atomic mass is 9.42. The van der Waals surface area contributed by atoms with Crippen LogP contribution in [0.15, 0.2) is 11.6 Å². The van der Waals surface area contributed by atoms with Crippen LogP contribution in [0.25, 0.3) is 0 Å². The zero-order valence-corrected chi connectivity index (χ0v) is 20.3. The predicted octanol–water partition coefficient (Wildman–Crippen LogP) is 6.40. The van der Waals surface area contributed by atoms with Crippen molar-refractivity contribution in [2.45, 2.75) is 111 Å². The topological polar surface area (TPSA) is 20.3 Å². The van der Waals surface area contributed by atoms with Gasteiger partial charge in [0.05, 0.1) is 0 Å². The molecule has 0 heterocycles. The van der Waals surface area contributed by atoms with Gasteiger partial charge < -0.3 is 0 Å². The molecule has 0 aliphatic heterocycles. The van der Waals surface area contributed by atoms with Gasteiger partial charge >= 0.3 is 0 Å². The molecule has 0 aromatic carbocycles. The first-order valence-electron chi connectivity index (χ1n) is 13.0. The van der Waals surface area contributed by atoms with Gasteiger partial charge in [-0.3, -0.25) is 9.69 Å². The van der Waals surface area contributed by atoms with Crippen LogP contribution in [0.4, 0.5) is 0 Å². The molecule has 5 fully saturated rings. The van der Waals surface area contributed by atoms with Crippen LogP contribution in [0.5, 0.6) is 0 Å². The molecule has 6 aliphatic rings. The Morgan fingerprint density at radius 3 is 2.27 bits per heavy atom. The number of hydrogen-bond acceptors (Lipinski definition) is 2. The second-order valence-electron chi connectivity index (χ2n) is 13.6. The molecule has 0 aromatic rings. The third kappa shape index (κ3) is 2.05. The van der Waals surface area contributed by atoms with Gasteiger partial charge in [-0.25, -0.2) is 0 Å². The van der Waals surface area contributed by atoms with E-state index in [1.54, 1.807) is 0 Å². The fourth-order valence-electron chi connectivity index (χ4n) is 10.9. The average Bonchev–Trinajstić information content (AvgIpc) is 3.56. The van der Waals surface area contributed by atoms with Crippen LogP contribution in [0.3, 0.4) is 0 Å². The van der Waals surface area contributed by atoms with Gasteiger partial charge in [0, 0.05) is 17.5 Å². The van der Waals surface area contributed by atoms with E-state index < -0.39 is 0 Å². The standard InChI is InChI=1S/C28H43NO/c1-18(30)20-11-13-26(5)22-10-9-21-24(2,3)23(29(6)19-7-8-19)12-14-27(21)17-28(22,27)16-15-25(20,26)4/h11,19,21-23H,7-10,12-17H2,1-6H3/t21-,22-,23-,25+,26-,27+,28-/m0/s1. The summed E-state index contributed by atoms with van der Waals surface area (Å²) in [7, 11) is 2.43. The summed E-state index contributed by atoms with van der Waals surface area (Å²) in [5.41, 5.74) is 3.22. The van der Waals surface area contributed by atoms with Crippen molar-refractivity contribution in [3.8, 4) is 0 Å². The van der Waals surface area contributed by atoms with E-state index in [1.165, 1.54) is 63.4 Å². The molecular formula is C28H43NO. The minimum Gasteiger partial charge on any atom is -0.300 e. The number of fused-ring (bicyclic) bond motifs is 2. The number of ketones is 1. The van der Waals surface area contributed by atoms with Gasteiger partial charge in [0.25, 0.3) is 0 Å². The highest BCUT2D eigenvalue weighted by atomic mass is 16.1. The summed E-state index contributed by atoms with van der Waals surface area (Å²) < 4.78 is 0. The third-order valence-corrected chi connectivity index (χ3v) is 12.6. The van der Waals surface area contributed by atoms with E-state index in [9.17, 15) is 4.79 Å². The zero-order valence-electron chi connectivity index (χ0n) is 20.3. The third-order valence-electron chi connectivity index (χ3n) is 12.6. The molecule has 2 heteroatoms. The molecule has 5 saturated carbocycles. The van der Waals surface area contributed by atoms with Crippen LogP contribution in [0, 0.1) is 38.9 Å². The van der Waals surface area contributed by atoms with E-state index in [-0.39, 0.29) is 5.41 Å². The molecule has 6 rings (SSSR count). The second kappa shape index (κ2) is 5.64. The van der Waals surface area contributed by atoms with E-state index in [1.807, 2.05) is 6.92 Å². The molecule has 0 N–H and O–H groups in total. The van der Waals surface area contributed by atoms with E-state index in [0.29, 0.717) is 27.4 Å². The van der Waals surface area contributed by atoms with Gasteiger partial charge in [-0.15, -0.1) is 0 Å². The van der Waals surface area contributed by atoms with Crippen LogP contribution in [-0.4, -0.2) is 29.8 Å². The lowest BCUT2D eigenvalue weighted by Gasteiger charge is -2.63. The van der Waals surface area contributed by atoms with E-state index in [0.717, 1.165) is 30.3 Å². The number of carbonyl (C=O) groups is 1. The van der Waals surface area contributed by atoms with Crippen LogP contribution < -0.4 is 0 Å². The van der Waals surface area contributed by atoms with Crippen molar-refractivity contribution in [2.24, 2.45) is 38.9 Å². The molecule has 166 valence electrons. The lowest BCUT2D eigenvalue weighted by Crippen LogP contribution is -2.59. The smallest absolute Gasteiger partial charge is 0.156 e. The summed E-state index contributed by atoms with van der Waals surface area (Å²) in [6.07, 6.45) is 16.2. The molecule has 0 unspecified atom stereocenters. The number of carbonyl (C=O) groups excluding carboxylic acids is 1. The molecule has 6 aliphatic carbocycles. The SMILES string of the molecule is CC(=O)C1=CC[C@@]2(C)[C@@H]3CC[C@H]4C(C)(C)[C@@H](N(C)C5CC5)CC[C@@]45C[C@@]35CC[C@]12C. The molecule has 0 radical (unpaired) electrons. The molecule has 0 saturated heterocycles. The number of hydrogen-bond donors (Lipinski definition) is 0. The number of allylic oxidation sites excluding steroid dienone is 2. The Labute approximate surface area is 184 Å². The van der Waals surface area contributed by atoms with Crippen molar-refractivity contribution in [3.63, 3.8) is 0 Å². The Bertz CT molecular complexity index is 838. The normalized spacial score (nSPS) is 53.3. The monoisotopic (exact) mass is 409 g/mol. The fourth-order valence-corrected chi connectivity index (χ4v) is 10.9. The largest absolute Gasteiger partial charge is 0.300 e. The summed E-state index contributed by atoms with van der Waals surface area (Å²) in [6, 6.07) is 1.65. The quantitative estimate of drug-likeness (QED) is 0.538. The number of rotatable bonds is 3. The Morgan fingerprint density at radius 2 is 1.60 bits per heavy atom. The first kappa shape index (κ1) is 20.0. The van der Waals surface area contributed by atoms with Crippen LogP contribution in [-0.2, 0) is 4.79 Å². The molecule has 30 heavy (non-hydrogen) atoms. The van der Waals surface area contributed by atoms with Crippen molar-refractivity contribution in [3.05, 3.63) is 11.6 Å². The van der Waals surface area contributed by atoms with Gasteiger partial charge in [0.2, 0.25) is 0 Å². The summed E-state index contributed by atoms with van der Waals surface area (Å²) >= 11 is 0. The van der Waals surface area contributed by atoms with Crippen molar-refractivity contribution < 1.29 is 4.79 Å². The summed E-state index contributed by atoms with van der Waals surface area (Å²) in [4.78, 5) is 15.3. The maximum atomic E-state index is 12.5. The van der Waals surface area contributed by atoms with Crippen molar-refractivity contribution in [2.75, 3.05) is 7.05 Å². The van der Waals surface area contributed by atoms with Crippen LogP contribution in [0.1, 0.15) is 98.8 Å². The second-order valence-corrected chi connectivity index (χ2v) is 13.6. The van der Waals surface area contributed by atoms with E-state index >= 15 is 0 Å². The van der Waals surface area contributed by atoms with Gasteiger partial charge in [0.15, 0.2) is 5.78 Å². The van der Waals surface area contributed by atoms with Gasteiger partial charge in [-0.05, 0) is 117 Å². The summed E-state index contributed by atoms with van der Waals surface area (Å²) in [5, 5.41) is 0. The average molecular weight is 410 g/mol. The summed E-state index contributed by atoms with van der Waals surface area (Å²) in [6.45, 7) is 12.1. The van der Waals surface area contributed by atoms with Gasteiger partial charge in [0.1, 0.15) is 0 Å². The highest BCUT2D eigenvalue weighted by Crippen LogP contribution is 2.88. The highest BCUT2D eigenvalue weighted by Gasteiger charge is 2.81. The van der Waals surface area contributed by atoms with Crippen molar-refractivity contribution in [1.29, 1.82) is 0 Å². The fraction of sp³-hybridized carbons (Fsp3) is 0.893. The first-order valence-corrected chi connectivity index (χ1v) is 13.0. The zero-order chi connectivity index (χ0) is 21.3. The Balaban J connectivity index is 1.34.